The molecule has 0 spiro atoms. The fraction of sp³-hybridized carbons (Fsp3) is 0. The molecule has 144 valence electrons. The van der Waals surface area contributed by atoms with E-state index in [2.05, 4.69) is 10.0 Å². The first-order valence-corrected chi connectivity index (χ1v) is 10.5. The first-order valence-electron chi connectivity index (χ1n) is 7.89. The molecule has 0 aliphatic carbocycles. The summed E-state index contributed by atoms with van der Waals surface area (Å²) in [4.78, 5) is 12.6. The fourth-order valence-electron chi connectivity index (χ4n) is 2.40. The number of sulfonamides is 1. The summed E-state index contributed by atoms with van der Waals surface area (Å²) in [6, 6.07) is 16.8. The average Bonchev–Trinajstić information content (AvgIpc) is 2.61. The highest BCUT2D eigenvalue weighted by atomic mass is 35.5. The monoisotopic (exact) mass is 454 g/mol. The van der Waals surface area contributed by atoms with Crippen LogP contribution in [0.3, 0.4) is 0 Å². The van der Waals surface area contributed by atoms with E-state index in [1.165, 1.54) is 30.3 Å². The van der Waals surface area contributed by atoms with Crippen LogP contribution >= 0.6 is 34.8 Å². The highest BCUT2D eigenvalue weighted by Gasteiger charge is 2.16. The van der Waals surface area contributed by atoms with Crippen LogP contribution in [0.4, 0.5) is 11.4 Å². The zero-order chi connectivity index (χ0) is 20.3. The summed E-state index contributed by atoms with van der Waals surface area (Å²) in [5.41, 5.74) is 0.809. The molecule has 3 aromatic rings. The van der Waals surface area contributed by atoms with E-state index in [4.69, 9.17) is 34.8 Å². The van der Waals surface area contributed by atoms with Gasteiger partial charge in [-0.2, -0.15) is 0 Å². The van der Waals surface area contributed by atoms with E-state index in [1.807, 2.05) is 0 Å². The Labute approximate surface area is 177 Å². The van der Waals surface area contributed by atoms with Gasteiger partial charge in [0, 0.05) is 15.7 Å². The van der Waals surface area contributed by atoms with Crippen molar-refractivity contribution in [3.8, 4) is 0 Å². The standard InChI is InChI=1S/C19H13Cl3N2O3S/c20-12-8-13(21)10-15(9-12)23-19(25)17-7-6-14(11-18(17)22)24-28(26,27)16-4-2-1-3-5-16/h1-11,24H,(H,23,25). The Hall–Kier alpha value is -2.25. The maximum Gasteiger partial charge on any atom is 0.261 e. The summed E-state index contributed by atoms with van der Waals surface area (Å²) >= 11 is 18.0. The van der Waals surface area contributed by atoms with Crippen LogP contribution in [0.25, 0.3) is 0 Å². The zero-order valence-electron chi connectivity index (χ0n) is 14.1. The number of amides is 1. The third-order valence-corrected chi connectivity index (χ3v) is 5.79. The summed E-state index contributed by atoms with van der Waals surface area (Å²) in [6.45, 7) is 0. The highest BCUT2D eigenvalue weighted by Crippen LogP contribution is 2.26. The third-order valence-electron chi connectivity index (χ3n) is 3.64. The van der Waals surface area contributed by atoms with E-state index in [-0.39, 0.29) is 21.2 Å². The van der Waals surface area contributed by atoms with Crippen LogP contribution < -0.4 is 10.0 Å². The second-order valence-corrected chi connectivity index (χ2v) is 8.69. The molecular formula is C19H13Cl3N2O3S. The lowest BCUT2D eigenvalue weighted by molar-refractivity contribution is 0.102. The number of hydrogen-bond acceptors (Lipinski definition) is 3. The summed E-state index contributed by atoms with van der Waals surface area (Å²) < 4.78 is 27.2. The molecule has 0 saturated heterocycles. The summed E-state index contributed by atoms with van der Waals surface area (Å²) in [6.07, 6.45) is 0. The van der Waals surface area contributed by atoms with E-state index in [0.717, 1.165) is 0 Å². The molecule has 2 N–H and O–H groups in total. The molecule has 0 radical (unpaired) electrons. The van der Waals surface area contributed by atoms with Crippen LogP contribution in [-0.4, -0.2) is 14.3 Å². The van der Waals surface area contributed by atoms with Gasteiger partial charge in [-0.15, -0.1) is 0 Å². The van der Waals surface area contributed by atoms with E-state index in [0.29, 0.717) is 15.7 Å². The van der Waals surface area contributed by atoms with Gasteiger partial charge in [-0.25, -0.2) is 8.42 Å². The third kappa shape index (κ3) is 4.97. The molecule has 0 aliphatic rings. The highest BCUT2D eigenvalue weighted by molar-refractivity contribution is 7.92. The molecule has 0 aromatic heterocycles. The molecule has 9 heteroatoms. The smallest absolute Gasteiger partial charge is 0.261 e. The molecular weight excluding hydrogens is 443 g/mol. The molecule has 3 aromatic carbocycles. The Balaban J connectivity index is 1.79. The second kappa shape index (κ2) is 8.41. The van der Waals surface area contributed by atoms with Crippen LogP contribution in [0.15, 0.2) is 71.6 Å². The van der Waals surface area contributed by atoms with E-state index in [1.54, 1.807) is 36.4 Å². The predicted molar refractivity (Wildman–Crippen MR) is 113 cm³/mol. The van der Waals surface area contributed by atoms with Crippen molar-refractivity contribution in [2.75, 3.05) is 10.0 Å². The second-order valence-electron chi connectivity index (χ2n) is 5.73. The summed E-state index contributed by atoms with van der Waals surface area (Å²) in [7, 11) is -3.76. The van der Waals surface area contributed by atoms with Gasteiger partial charge in [-0.3, -0.25) is 9.52 Å². The largest absolute Gasteiger partial charge is 0.322 e. The van der Waals surface area contributed by atoms with Crippen LogP contribution in [0, 0.1) is 0 Å². The molecule has 0 aliphatic heterocycles. The molecule has 5 nitrogen and oxygen atoms in total. The van der Waals surface area contributed by atoms with E-state index < -0.39 is 15.9 Å². The Morgan fingerprint density at radius 3 is 2.04 bits per heavy atom. The maximum absolute atomic E-state index is 12.5. The lowest BCUT2D eigenvalue weighted by Gasteiger charge is -2.11. The van der Waals surface area contributed by atoms with Crippen molar-refractivity contribution in [1.82, 2.24) is 0 Å². The van der Waals surface area contributed by atoms with Gasteiger partial charge in [0.05, 0.1) is 21.2 Å². The Morgan fingerprint density at radius 1 is 0.786 bits per heavy atom. The maximum atomic E-state index is 12.5. The molecule has 3 rings (SSSR count). The number of carbonyl (C=O) groups excluding carboxylic acids is 1. The number of hydrogen-bond donors (Lipinski definition) is 2. The number of anilines is 2. The van der Waals surface area contributed by atoms with Crippen molar-refractivity contribution in [1.29, 1.82) is 0 Å². The SMILES string of the molecule is O=C(Nc1cc(Cl)cc(Cl)c1)c1ccc(NS(=O)(=O)c2ccccc2)cc1Cl. The Bertz CT molecular complexity index is 1120. The minimum atomic E-state index is -3.76. The average molecular weight is 456 g/mol. The van der Waals surface area contributed by atoms with Crippen molar-refractivity contribution < 1.29 is 13.2 Å². The van der Waals surface area contributed by atoms with Crippen molar-refractivity contribution in [3.05, 3.63) is 87.4 Å². The van der Waals surface area contributed by atoms with Gasteiger partial charge in [0.25, 0.3) is 15.9 Å². The molecule has 0 unspecified atom stereocenters. The predicted octanol–water partition coefficient (Wildman–Crippen LogP) is 5.70. The first-order chi connectivity index (χ1) is 13.2. The van der Waals surface area contributed by atoms with Gasteiger partial charge in [0.1, 0.15) is 0 Å². The minimum absolute atomic E-state index is 0.0823. The lowest BCUT2D eigenvalue weighted by atomic mass is 10.2. The normalized spacial score (nSPS) is 11.1. The van der Waals surface area contributed by atoms with Crippen LogP contribution in [-0.2, 0) is 10.0 Å². The molecule has 28 heavy (non-hydrogen) atoms. The van der Waals surface area contributed by atoms with Crippen LogP contribution in [0.1, 0.15) is 10.4 Å². The zero-order valence-corrected chi connectivity index (χ0v) is 17.2. The van der Waals surface area contributed by atoms with Crippen molar-refractivity contribution in [2.24, 2.45) is 0 Å². The Kier molecular flexibility index (Phi) is 6.15. The topological polar surface area (TPSA) is 75.3 Å². The van der Waals surface area contributed by atoms with Crippen molar-refractivity contribution >= 4 is 62.1 Å². The molecule has 0 atom stereocenters. The van der Waals surface area contributed by atoms with E-state index in [9.17, 15) is 13.2 Å². The first kappa shape index (κ1) is 20.5. The number of benzene rings is 3. The Morgan fingerprint density at radius 2 is 1.43 bits per heavy atom. The van der Waals surface area contributed by atoms with Gasteiger partial charge in [-0.05, 0) is 48.5 Å². The van der Waals surface area contributed by atoms with Crippen molar-refractivity contribution in [3.63, 3.8) is 0 Å². The molecule has 0 bridgehead atoms. The molecule has 0 saturated carbocycles. The molecule has 1 amide bonds. The van der Waals surface area contributed by atoms with Gasteiger partial charge >= 0.3 is 0 Å². The summed E-state index contributed by atoms with van der Waals surface area (Å²) in [5, 5.41) is 3.47. The van der Waals surface area contributed by atoms with Crippen molar-refractivity contribution in [2.45, 2.75) is 4.90 Å². The number of rotatable bonds is 5. The molecule has 0 heterocycles. The molecule has 0 fully saturated rings. The minimum Gasteiger partial charge on any atom is -0.322 e. The van der Waals surface area contributed by atoms with Gasteiger partial charge in [0.15, 0.2) is 0 Å². The summed E-state index contributed by atoms with van der Waals surface area (Å²) in [5.74, 6) is -0.485. The number of halogens is 3. The quantitative estimate of drug-likeness (QED) is 0.518. The van der Waals surface area contributed by atoms with Gasteiger partial charge < -0.3 is 5.32 Å². The number of nitrogens with one attached hydrogen (secondary N) is 2. The van der Waals surface area contributed by atoms with Crippen LogP contribution in [0.5, 0.6) is 0 Å². The number of carbonyl (C=O) groups is 1. The van der Waals surface area contributed by atoms with Gasteiger partial charge in [-0.1, -0.05) is 53.0 Å². The fourth-order valence-corrected chi connectivity index (χ4v) is 4.26. The van der Waals surface area contributed by atoms with E-state index >= 15 is 0 Å². The van der Waals surface area contributed by atoms with Crippen LogP contribution in [0.2, 0.25) is 15.1 Å². The lowest BCUT2D eigenvalue weighted by Crippen LogP contribution is -2.14. The van der Waals surface area contributed by atoms with Gasteiger partial charge in [0.2, 0.25) is 0 Å².